The second-order valence-corrected chi connectivity index (χ2v) is 5.91. The molecular weight excluding hydrogens is 342 g/mol. The first-order valence-electron chi connectivity index (χ1n) is 7.33. The quantitative estimate of drug-likeness (QED) is 0.654. The molecule has 7 nitrogen and oxygen atoms in total. The number of anilines is 1. The Bertz CT molecular complexity index is 847. The van der Waals surface area contributed by atoms with Gasteiger partial charge in [0.15, 0.2) is 0 Å². The second kappa shape index (κ2) is 7.71. The molecule has 0 saturated heterocycles. The lowest BCUT2D eigenvalue weighted by Gasteiger charge is -2.05. The topological polar surface area (TPSA) is 97.5 Å². The number of thioether (sulfide) groups is 1. The SMILES string of the molecule is COc1ccc(NC(=O)CSc2nnc(-c3ccc(O)cc3)o2)cc1. The van der Waals surface area contributed by atoms with Gasteiger partial charge in [0, 0.05) is 11.3 Å². The number of rotatable bonds is 6. The van der Waals surface area contributed by atoms with Crippen molar-refractivity contribution in [1.29, 1.82) is 0 Å². The molecule has 0 aliphatic heterocycles. The first-order chi connectivity index (χ1) is 12.1. The number of methoxy groups -OCH3 is 1. The molecule has 128 valence electrons. The number of nitrogens with one attached hydrogen (secondary N) is 1. The van der Waals surface area contributed by atoms with E-state index in [9.17, 15) is 9.90 Å². The van der Waals surface area contributed by atoms with Crippen molar-refractivity contribution in [2.24, 2.45) is 0 Å². The number of hydrogen-bond acceptors (Lipinski definition) is 7. The molecule has 0 fully saturated rings. The molecule has 0 saturated carbocycles. The summed E-state index contributed by atoms with van der Waals surface area (Å²) in [6.45, 7) is 0. The van der Waals surface area contributed by atoms with Crippen LogP contribution in [0.25, 0.3) is 11.5 Å². The Balaban J connectivity index is 1.54. The van der Waals surface area contributed by atoms with Gasteiger partial charge in [0.05, 0.1) is 12.9 Å². The summed E-state index contributed by atoms with van der Waals surface area (Å²) in [6, 6.07) is 13.5. The molecule has 0 aliphatic rings. The van der Waals surface area contributed by atoms with E-state index in [1.807, 2.05) is 0 Å². The van der Waals surface area contributed by atoms with E-state index in [2.05, 4.69) is 15.5 Å². The molecular formula is C17H15N3O4S. The van der Waals surface area contributed by atoms with Gasteiger partial charge in [0.1, 0.15) is 11.5 Å². The first kappa shape index (κ1) is 16.8. The Morgan fingerprint density at radius 3 is 2.56 bits per heavy atom. The highest BCUT2D eigenvalue weighted by molar-refractivity contribution is 7.99. The smallest absolute Gasteiger partial charge is 0.277 e. The number of phenols is 1. The largest absolute Gasteiger partial charge is 0.508 e. The average Bonchev–Trinajstić information content (AvgIpc) is 3.10. The lowest BCUT2D eigenvalue weighted by Crippen LogP contribution is -2.13. The van der Waals surface area contributed by atoms with Crippen molar-refractivity contribution in [2.75, 3.05) is 18.2 Å². The number of carbonyl (C=O) groups excluding carboxylic acids is 1. The molecule has 0 unspecified atom stereocenters. The zero-order chi connectivity index (χ0) is 17.6. The van der Waals surface area contributed by atoms with Crippen LogP contribution in [-0.2, 0) is 4.79 Å². The van der Waals surface area contributed by atoms with Gasteiger partial charge in [-0.1, -0.05) is 11.8 Å². The van der Waals surface area contributed by atoms with Crippen LogP contribution in [0, 0.1) is 0 Å². The van der Waals surface area contributed by atoms with Gasteiger partial charge < -0.3 is 19.6 Å². The fourth-order valence-corrected chi connectivity index (χ4v) is 2.55. The zero-order valence-corrected chi connectivity index (χ0v) is 14.1. The highest BCUT2D eigenvalue weighted by atomic mass is 32.2. The molecule has 1 heterocycles. The average molecular weight is 357 g/mol. The predicted octanol–water partition coefficient (Wildman–Crippen LogP) is 3.18. The van der Waals surface area contributed by atoms with Crippen molar-refractivity contribution < 1.29 is 19.1 Å². The number of carbonyl (C=O) groups is 1. The summed E-state index contributed by atoms with van der Waals surface area (Å²) in [5.74, 6) is 1.18. The van der Waals surface area contributed by atoms with Crippen LogP contribution >= 0.6 is 11.8 Å². The molecule has 2 N–H and O–H groups in total. The molecule has 0 atom stereocenters. The minimum atomic E-state index is -0.181. The Labute approximate surface area is 148 Å². The summed E-state index contributed by atoms with van der Waals surface area (Å²) in [4.78, 5) is 12.0. The number of amides is 1. The van der Waals surface area contributed by atoms with Crippen LogP contribution in [0.1, 0.15) is 0 Å². The summed E-state index contributed by atoms with van der Waals surface area (Å²) in [5, 5.41) is 20.2. The zero-order valence-electron chi connectivity index (χ0n) is 13.3. The van der Waals surface area contributed by atoms with Crippen LogP contribution < -0.4 is 10.1 Å². The fourth-order valence-electron chi connectivity index (χ4n) is 1.99. The van der Waals surface area contributed by atoms with E-state index in [1.54, 1.807) is 43.5 Å². The number of hydrogen-bond donors (Lipinski definition) is 2. The van der Waals surface area contributed by atoms with Crippen molar-refractivity contribution in [3.05, 3.63) is 48.5 Å². The molecule has 0 spiro atoms. The summed E-state index contributed by atoms with van der Waals surface area (Å²) < 4.78 is 10.6. The number of nitrogens with zero attached hydrogens (tertiary/aromatic N) is 2. The summed E-state index contributed by atoms with van der Waals surface area (Å²) >= 11 is 1.15. The van der Waals surface area contributed by atoms with Crippen molar-refractivity contribution in [3.63, 3.8) is 0 Å². The van der Waals surface area contributed by atoms with Crippen LogP contribution in [0.2, 0.25) is 0 Å². The maximum Gasteiger partial charge on any atom is 0.277 e. The lowest BCUT2D eigenvalue weighted by atomic mass is 10.2. The van der Waals surface area contributed by atoms with Gasteiger partial charge in [-0.2, -0.15) is 0 Å². The lowest BCUT2D eigenvalue weighted by molar-refractivity contribution is -0.113. The van der Waals surface area contributed by atoms with Gasteiger partial charge in [0.2, 0.25) is 11.8 Å². The van der Waals surface area contributed by atoms with E-state index in [4.69, 9.17) is 9.15 Å². The summed E-state index contributed by atoms with van der Waals surface area (Å²) in [5.41, 5.74) is 1.38. The van der Waals surface area contributed by atoms with Crippen molar-refractivity contribution >= 4 is 23.4 Å². The molecule has 8 heteroatoms. The summed E-state index contributed by atoms with van der Waals surface area (Å²) in [6.07, 6.45) is 0. The van der Waals surface area contributed by atoms with E-state index in [-0.39, 0.29) is 17.4 Å². The third kappa shape index (κ3) is 4.51. The third-order valence-electron chi connectivity index (χ3n) is 3.22. The van der Waals surface area contributed by atoms with E-state index < -0.39 is 0 Å². The monoisotopic (exact) mass is 357 g/mol. The number of benzene rings is 2. The van der Waals surface area contributed by atoms with E-state index >= 15 is 0 Å². The molecule has 2 aromatic carbocycles. The van der Waals surface area contributed by atoms with Crippen molar-refractivity contribution in [3.8, 4) is 23.0 Å². The molecule has 0 radical (unpaired) electrons. The molecule has 0 aliphatic carbocycles. The number of aromatic nitrogens is 2. The first-order valence-corrected chi connectivity index (χ1v) is 8.32. The van der Waals surface area contributed by atoms with Crippen molar-refractivity contribution in [1.82, 2.24) is 10.2 Å². The summed E-state index contributed by atoms with van der Waals surface area (Å²) in [7, 11) is 1.58. The van der Waals surface area contributed by atoms with E-state index in [0.29, 0.717) is 22.4 Å². The van der Waals surface area contributed by atoms with Crippen LogP contribution in [0.15, 0.2) is 58.2 Å². The molecule has 25 heavy (non-hydrogen) atoms. The van der Waals surface area contributed by atoms with Gasteiger partial charge in [-0.15, -0.1) is 10.2 Å². The Hall–Kier alpha value is -3.00. The third-order valence-corrected chi connectivity index (χ3v) is 4.04. The van der Waals surface area contributed by atoms with Crippen molar-refractivity contribution in [2.45, 2.75) is 5.22 Å². The Morgan fingerprint density at radius 1 is 1.16 bits per heavy atom. The van der Waals surface area contributed by atoms with E-state index in [1.165, 1.54) is 12.1 Å². The predicted molar refractivity (Wildman–Crippen MR) is 93.7 cm³/mol. The fraction of sp³-hybridized carbons (Fsp3) is 0.118. The maximum absolute atomic E-state index is 12.0. The van der Waals surface area contributed by atoms with Gasteiger partial charge in [0.25, 0.3) is 5.22 Å². The van der Waals surface area contributed by atoms with Gasteiger partial charge in [-0.3, -0.25) is 4.79 Å². The molecule has 3 rings (SSSR count). The van der Waals surface area contributed by atoms with Crippen LogP contribution in [0.5, 0.6) is 11.5 Å². The van der Waals surface area contributed by atoms with Crippen LogP contribution in [-0.4, -0.2) is 34.1 Å². The van der Waals surface area contributed by atoms with Crippen LogP contribution in [0.3, 0.4) is 0 Å². The molecule has 3 aromatic rings. The second-order valence-electron chi connectivity index (χ2n) is 4.99. The van der Waals surface area contributed by atoms with Gasteiger partial charge in [-0.05, 0) is 48.5 Å². The maximum atomic E-state index is 12.0. The number of ether oxygens (including phenoxy) is 1. The minimum absolute atomic E-state index is 0.142. The highest BCUT2D eigenvalue weighted by Gasteiger charge is 2.11. The normalized spacial score (nSPS) is 10.4. The number of aromatic hydroxyl groups is 1. The molecule has 0 bridgehead atoms. The Kier molecular flexibility index (Phi) is 5.20. The Morgan fingerprint density at radius 2 is 1.88 bits per heavy atom. The standard InChI is InChI=1S/C17H15N3O4S/c1-23-14-8-4-12(5-9-14)18-15(22)10-25-17-20-19-16(24-17)11-2-6-13(21)7-3-11/h2-9,21H,10H2,1H3,(H,18,22). The molecule has 1 amide bonds. The number of phenolic OH excluding ortho intramolecular Hbond substituents is 1. The highest BCUT2D eigenvalue weighted by Crippen LogP contribution is 2.24. The van der Waals surface area contributed by atoms with Gasteiger partial charge >= 0.3 is 0 Å². The van der Waals surface area contributed by atoms with E-state index in [0.717, 1.165) is 17.5 Å². The minimum Gasteiger partial charge on any atom is -0.508 e. The van der Waals surface area contributed by atoms with Gasteiger partial charge in [-0.25, -0.2) is 0 Å². The molecule has 1 aromatic heterocycles. The van der Waals surface area contributed by atoms with Crippen LogP contribution in [0.4, 0.5) is 5.69 Å².